The number of phenols is 2. The van der Waals surface area contributed by atoms with Gasteiger partial charge in [0.2, 0.25) is 5.91 Å². The average Bonchev–Trinajstić information content (AvgIpc) is 3.21. The number of nitriles is 1. The minimum Gasteiger partial charge on any atom is -0.504 e. The van der Waals surface area contributed by atoms with Crippen molar-refractivity contribution in [3.05, 3.63) is 131 Å². The Bertz CT molecular complexity index is 2490. The van der Waals surface area contributed by atoms with Crippen LogP contribution in [0.5, 0.6) is 23.0 Å². The predicted octanol–water partition coefficient (Wildman–Crippen LogP) is 5.36. The molecule has 0 aliphatic rings. The highest BCUT2D eigenvalue weighted by atomic mass is 19.1. The fraction of sp³-hybridized carbons (Fsp3) is 0.0976. The van der Waals surface area contributed by atoms with Crippen molar-refractivity contribution >= 4 is 58.3 Å². The molecule has 59 heavy (non-hydrogen) atoms. The fourth-order valence-electron chi connectivity index (χ4n) is 5.48. The van der Waals surface area contributed by atoms with Gasteiger partial charge in [0.1, 0.15) is 17.4 Å². The van der Waals surface area contributed by atoms with Crippen LogP contribution in [0.1, 0.15) is 58.2 Å². The summed E-state index contributed by atoms with van der Waals surface area (Å²) < 4.78 is 23.5. The first-order valence-corrected chi connectivity index (χ1v) is 17.2. The molecule has 0 aliphatic carbocycles. The van der Waals surface area contributed by atoms with E-state index in [-0.39, 0.29) is 57.2 Å². The van der Waals surface area contributed by atoms with Crippen LogP contribution in [0.3, 0.4) is 0 Å². The number of hydrogen-bond donors (Lipinski definition) is 8. The number of phenolic OH excluding ortho intramolecular Hbond substituents is 1. The Kier molecular flexibility index (Phi) is 13.0. The van der Waals surface area contributed by atoms with E-state index in [2.05, 4.69) is 26.6 Å². The lowest BCUT2D eigenvalue weighted by Crippen LogP contribution is -2.43. The average molecular weight is 805 g/mol. The largest absolute Gasteiger partial charge is 0.504 e. The summed E-state index contributed by atoms with van der Waals surface area (Å²) in [5, 5.41) is 52.4. The first kappa shape index (κ1) is 41.7. The molecular formula is C41H33FN6O11. The molecular weight excluding hydrogens is 771 g/mol. The summed E-state index contributed by atoms with van der Waals surface area (Å²) in [6.45, 7) is 0. The van der Waals surface area contributed by atoms with Gasteiger partial charge in [0.25, 0.3) is 23.6 Å². The minimum atomic E-state index is -1.43. The van der Waals surface area contributed by atoms with E-state index >= 15 is 0 Å². The summed E-state index contributed by atoms with van der Waals surface area (Å²) in [6, 6.07) is 21.5. The number of halogens is 1. The zero-order chi connectivity index (χ0) is 42.8. The van der Waals surface area contributed by atoms with Gasteiger partial charge in [-0.3, -0.25) is 24.0 Å². The first-order valence-electron chi connectivity index (χ1n) is 17.2. The van der Waals surface area contributed by atoms with E-state index in [1.807, 2.05) is 6.07 Å². The number of carbonyl (C=O) groups is 6. The number of benzene rings is 5. The molecule has 0 saturated carbocycles. The van der Waals surface area contributed by atoms with Gasteiger partial charge in [-0.1, -0.05) is 0 Å². The summed E-state index contributed by atoms with van der Waals surface area (Å²) >= 11 is 0. The lowest BCUT2D eigenvalue weighted by molar-refractivity contribution is -0.117. The van der Waals surface area contributed by atoms with Gasteiger partial charge in [-0.15, -0.1) is 0 Å². The Morgan fingerprint density at radius 1 is 0.610 bits per heavy atom. The molecule has 300 valence electrons. The van der Waals surface area contributed by atoms with E-state index in [4.69, 9.17) is 9.47 Å². The van der Waals surface area contributed by atoms with Crippen molar-refractivity contribution in [1.82, 2.24) is 5.32 Å². The van der Waals surface area contributed by atoms with Crippen molar-refractivity contribution in [2.24, 2.45) is 0 Å². The van der Waals surface area contributed by atoms with E-state index in [1.54, 1.807) is 0 Å². The zero-order valence-electron chi connectivity index (χ0n) is 31.0. The van der Waals surface area contributed by atoms with Gasteiger partial charge in [0.15, 0.2) is 23.0 Å². The quantitative estimate of drug-likeness (QED) is 0.0705. The van der Waals surface area contributed by atoms with Crippen molar-refractivity contribution in [3.63, 3.8) is 0 Å². The second kappa shape index (κ2) is 18.4. The Morgan fingerprint density at radius 2 is 1.05 bits per heavy atom. The Balaban J connectivity index is 1.19. The summed E-state index contributed by atoms with van der Waals surface area (Å²) in [6.07, 6.45) is -0.378. The maximum Gasteiger partial charge on any atom is 0.339 e. The number of nitrogens with one attached hydrogen (secondary N) is 5. The van der Waals surface area contributed by atoms with E-state index in [9.17, 15) is 53.7 Å². The lowest BCUT2D eigenvalue weighted by Gasteiger charge is -2.17. The number of rotatable bonds is 14. The van der Waals surface area contributed by atoms with Gasteiger partial charge < -0.3 is 51.4 Å². The van der Waals surface area contributed by atoms with Crippen molar-refractivity contribution in [2.75, 3.05) is 35.5 Å². The maximum atomic E-state index is 13.2. The topological polar surface area (TPSA) is 266 Å². The predicted molar refractivity (Wildman–Crippen MR) is 210 cm³/mol. The zero-order valence-corrected chi connectivity index (χ0v) is 31.0. The molecule has 17 nitrogen and oxygen atoms in total. The van der Waals surface area contributed by atoms with Crippen LogP contribution in [0, 0.1) is 17.1 Å². The highest BCUT2D eigenvalue weighted by molar-refractivity contribution is 6.10. The van der Waals surface area contributed by atoms with Crippen molar-refractivity contribution in [3.8, 4) is 29.1 Å². The number of nitrogens with zero attached hydrogens (tertiary/aromatic N) is 1. The van der Waals surface area contributed by atoms with Crippen LogP contribution in [-0.4, -0.2) is 71.1 Å². The monoisotopic (exact) mass is 804 g/mol. The van der Waals surface area contributed by atoms with Crippen LogP contribution in [0.4, 0.5) is 27.1 Å². The highest BCUT2D eigenvalue weighted by Gasteiger charge is 2.25. The van der Waals surface area contributed by atoms with E-state index in [0.717, 1.165) is 25.3 Å². The molecule has 0 saturated heterocycles. The molecule has 0 unspecified atom stereocenters. The Labute approximate surface area is 334 Å². The number of carbonyl (C=O) groups excluding carboxylic acids is 5. The number of carboxylic acid groups (broad SMARTS) is 1. The van der Waals surface area contributed by atoms with Gasteiger partial charge in [0, 0.05) is 28.1 Å². The highest BCUT2D eigenvalue weighted by Crippen LogP contribution is 2.40. The molecule has 5 aromatic carbocycles. The van der Waals surface area contributed by atoms with Gasteiger partial charge >= 0.3 is 5.97 Å². The summed E-state index contributed by atoms with van der Waals surface area (Å²) in [7, 11) is 2.34. The number of aromatic hydroxyl groups is 2. The van der Waals surface area contributed by atoms with E-state index in [0.29, 0.717) is 5.69 Å². The van der Waals surface area contributed by atoms with Crippen molar-refractivity contribution in [2.45, 2.75) is 12.5 Å². The van der Waals surface area contributed by atoms with Crippen LogP contribution in [0.25, 0.3) is 0 Å². The van der Waals surface area contributed by atoms with E-state index < -0.39 is 64.4 Å². The molecule has 18 heteroatoms. The van der Waals surface area contributed by atoms with Crippen LogP contribution in [0.2, 0.25) is 0 Å². The smallest absolute Gasteiger partial charge is 0.339 e. The van der Waals surface area contributed by atoms with E-state index in [1.165, 1.54) is 86.0 Å². The third-order valence-corrected chi connectivity index (χ3v) is 8.49. The van der Waals surface area contributed by atoms with Crippen LogP contribution < -0.4 is 36.1 Å². The molecule has 0 spiro atoms. The second-order valence-electron chi connectivity index (χ2n) is 12.3. The third-order valence-electron chi connectivity index (χ3n) is 8.49. The number of ether oxygens (including phenoxy) is 2. The molecule has 8 N–H and O–H groups in total. The normalized spacial score (nSPS) is 10.9. The Morgan fingerprint density at radius 3 is 1.56 bits per heavy atom. The van der Waals surface area contributed by atoms with Gasteiger partial charge in [-0.25, -0.2) is 9.18 Å². The van der Waals surface area contributed by atoms with Gasteiger partial charge in [0.05, 0.1) is 43.6 Å². The summed E-state index contributed by atoms with van der Waals surface area (Å²) in [5.74, 6) is -7.37. The molecule has 5 aromatic rings. The SMILES string of the molecule is COc1c(NC(=O)c2ccc(NC(=O)c3ccc(NC(=O)[C@H](CC#N)NC(=O)c4ccc(NC(=O)c5ccc(F)cc5)cc4)cc3)c(OC)c2O)ccc(C(=O)O)c1O. The minimum absolute atomic E-state index is 0.0237. The van der Waals surface area contributed by atoms with Crippen LogP contribution >= 0.6 is 0 Å². The Hall–Kier alpha value is -8.46. The number of aromatic carboxylic acids is 1. The molecule has 5 rings (SSSR count). The molecule has 5 amide bonds. The molecule has 0 aliphatic heterocycles. The second-order valence-corrected chi connectivity index (χ2v) is 12.3. The van der Waals surface area contributed by atoms with Gasteiger partial charge in [-0.2, -0.15) is 5.26 Å². The van der Waals surface area contributed by atoms with Crippen molar-refractivity contribution < 1.29 is 58.0 Å². The molecule has 0 aromatic heterocycles. The first-order chi connectivity index (χ1) is 28.2. The summed E-state index contributed by atoms with van der Waals surface area (Å²) in [4.78, 5) is 76.1. The number of carboxylic acids is 1. The number of hydrogen-bond acceptors (Lipinski definition) is 11. The van der Waals surface area contributed by atoms with Crippen LogP contribution in [-0.2, 0) is 4.79 Å². The lowest BCUT2D eigenvalue weighted by atomic mass is 10.1. The maximum absolute atomic E-state index is 13.2. The fourth-order valence-corrected chi connectivity index (χ4v) is 5.48. The molecule has 0 bridgehead atoms. The summed E-state index contributed by atoms with van der Waals surface area (Å²) in [5.41, 5.74) is 0.128. The molecule has 0 fully saturated rings. The standard InChI is InChI=1S/C41H33FN6O11/c1-58-34-29(17-15-27(32(34)49)39(54)47-30-18-16-28(41(56)57)33(50)35(30)59-2)46-37(52)22-7-13-26(14-8-22)45-40(55)31(19-20-43)48-38(53)23-5-11-25(12-6-23)44-36(51)21-3-9-24(42)10-4-21/h3-18,31,49-50H,19H2,1-2H3,(H,44,51)(H,45,55)(H,46,52)(H,47,54)(H,48,53)(H,56,57)/t31-/m0/s1. The van der Waals surface area contributed by atoms with Crippen LogP contribution in [0.15, 0.2) is 97.1 Å². The molecule has 0 heterocycles. The number of anilines is 4. The molecule has 0 radical (unpaired) electrons. The number of amides is 5. The van der Waals surface area contributed by atoms with Crippen molar-refractivity contribution in [1.29, 1.82) is 5.26 Å². The molecule has 1 atom stereocenters. The third kappa shape index (κ3) is 9.86. The number of methoxy groups -OCH3 is 2. The van der Waals surface area contributed by atoms with Gasteiger partial charge in [-0.05, 0) is 97.1 Å².